The molecule has 2 rings (SSSR count). The Morgan fingerprint density at radius 2 is 1.88 bits per heavy atom. The van der Waals surface area contributed by atoms with Crippen LogP contribution in [0.3, 0.4) is 0 Å². The van der Waals surface area contributed by atoms with Crippen LogP contribution in [0.2, 0.25) is 5.02 Å². The number of halogens is 1. The number of hydrogen-bond donors (Lipinski definition) is 2. The van der Waals surface area contributed by atoms with Crippen LogP contribution in [0.1, 0.15) is 21.5 Å². The fourth-order valence-electron chi connectivity index (χ4n) is 2.04. The molecule has 0 saturated carbocycles. The fourth-order valence-corrected chi connectivity index (χ4v) is 2.30. The van der Waals surface area contributed by atoms with Crippen LogP contribution >= 0.6 is 11.6 Å². The summed E-state index contributed by atoms with van der Waals surface area (Å²) >= 11 is 5.85. The summed E-state index contributed by atoms with van der Waals surface area (Å²) in [7, 11) is 0. The van der Waals surface area contributed by atoms with Crippen molar-refractivity contribution in [3.05, 3.63) is 68.2 Å². The smallest absolute Gasteiger partial charge is 0.276 e. The van der Waals surface area contributed by atoms with Crippen molar-refractivity contribution < 1.29 is 19.2 Å². The first-order valence-electron chi connectivity index (χ1n) is 7.51. The number of non-ortho nitro benzene ring substituents is 1. The van der Waals surface area contributed by atoms with Crippen molar-refractivity contribution in [3.63, 3.8) is 0 Å². The highest BCUT2D eigenvalue weighted by Crippen LogP contribution is 2.22. The normalized spacial score (nSPS) is 10.1. The molecule has 0 aliphatic heterocycles. The standard InChI is InChI=1S/C17H16ClN3O5/c1-10-3-4-11(2)15(7-10)26-9-16(22)19-20-17(23)13-6-5-12(21(24)25)8-14(13)18/h3-8H,9H2,1-2H3,(H,19,22)(H,20,23). The number of ether oxygens (including phenoxy) is 1. The lowest BCUT2D eigenvalue weighted by molar-refractivity contribution is -0.384. The number of hydrazine groups is 1. The van der Waals surface area contributed by atoms with Crippen molar-refractivity contribution in [2.75, 3.05) is 6.61 Å². The molecule has 2 N–H and O–H groups in total. The van der Waals surface area contributed by atoms with Gasteiger partial charge in [0.2, 0.25) is 0 Å². The van der Waals surface area contributed by atoms with Gasteiger partial charge in [0.05, 0.1) is 15.5 Å². The molecular formula is C17H16ClN3O5. The lowest BCUT2D eigenvalue weighted by Gasteiger charge is -2.11. The van der Waals surface area contributed by atoms with Crippen LogP contribution in [0.25, 0.3) is 0 Å². The Balaban J connectivity index is 1.90. The number of hydrogen-bond acceptors (Lipinski definition) is 5. The highest BCUT2D eigenvalue weighted by molar-refractivity contribution is 6.34. The molecule has 0 aromatic heterocycles. The summed E-state index contributed by atoms with van der Waals surface area (Å²) in [6.45, 7) is 3.46. The summed E-state index contributed by atoms with van der Waals surface area (Å²) in [5.41, 5.74) is 6.00. The molecule has 0 aliphatic rings. The zero-order valence-corrected chi connectivity index (χ0v) is 14.8. The van der Waals surface area contributed by atoms with Crippen molar-refractivity contribution in [2.45, 2.75) is 13.8 Å². The van der Waals surface area contributed by atoms with Crippen LogP contribution in [-0.4, -0.2) is 23.3 Å². The van der Waals surface area contributed by atoms with Crippen LogP contribution in [0.4, 0.5) is 5.69 Å². The molecule has 0 atom stereocenters. The zero-order valence-electron chi connectivity index (χ0n) is 14.0. The van der Waals surface area contributed by atoms with Crippen molar-refractivity contribution in [1.29, 1.82) is 0 Å². The van der Waals surface area contributed by atoms with E-state index in [2.05, 4.69) is 10.9 Å². The van der Waals surface area contributed by atoms with Crippen molar-refractivity contribution in [1.82, 2.24) is 10.9 Å². The number of nitro groups is 1. The molecule has 0 saturated heterocycles. The molecule has 2 amide bonds. The third-order valence-corrected chi connectivity index (χ3v) is 3.74. The molecule has 0 heterocycles. The second kappa shape index (κ2) is 8.30. The highest BCUT2D eigenvalue weighted by Gasteiger charge is 2.15. The number of rotatable bonds is 5. The summed E-state index contributed by atoms with van der Waals surface area (Å²) in [5, 5.41) is 10.6. The van der Waals surface area contributed by atoms with E-state index in [1.165, 1.54) is 6.07 Å². The lowest BCUT2D eigenvalue weighted by Crippen LogP contribution is -2.43. The summed E-state index contributed by atoms with van der Waals surface area (Å²) in [4.78, 5) is 33.8. The van der Waals surface area contributed by atoms with E-state index in [-0.39, 0.29) is 22.9 Å². The van der Waals surface area contributed by atoms with Gasteiger partial charge in [-0.05, 0) is 37.1 Å². The Hall–Kier alpha value is -3.13. The summed E-state index contributed by atoms with van der Waals surface area (Å²) in [6, 6.07) is 9.01. The number of aryl methyl sites for hydroxylation is 2. The minimum Gasteiger partial charge on any atom is -0.483 e. The third-order valence-electron chi connectivity index (χ3n) is 3.43. The molecule has 9 heteroatoms. The topological polar surface area (TPSA) is 111 Å². The molecule has 2 aromatic rings. The molecule has 2 aromatic carbocycles. The first-order chi connectivity index (χ1) is 12.3. The largest absolute Gasteiger partial charge is 0.483 e. The second-order valence-electron chi connectivity index (χ2n) is 5.48. The van der Waals surface area contributed by atoms with E-state index in [0.29, 0.717) is 5.75 Å². The third kappa shape index (κ3) is 4.93. The monoisotopic (exact) mass is 377 g/mol. The van der Waals surface area contributed by atoms with E-state index in [1.807, 2.05) is 26.0 Å². The van der Waals surface area contributed by atoms with Crippen LogP contribution in [0.5, 0.6) is 5.75 Å². The van der Waals surface area contributed by atoms with Gasteiger partial charge in [-0.25, -0.2) is 0 Å². The average molecular weight is 378 g/mol. The number of benzene rings is 2. The van der Waals surface area contributed by atoms with Gasteiger partial charge in [-0.3, -0.25) is 30.6 Å². The lowest BCUT2D eigenvalue weighted by atomic mass is 10.1. The van der Waals surface area contributed by atoms with Gasteiger partial charge in [0, 0.05) is 12.1 Å². The molecule has 0 bridgehead atoms. The minimum atomic E-state index is -0.704. The van der Waals surface area contributed by atoms with Gasteiger partial charge in [0.1, 0.15) is 5.75 Å². The van der Waals surface area contributed by atoms with Crippen molar-refractivity contribution in [3.8, 4) is 5.75 Å². The molecular weight excluding hydrogens is 362 g/mol. The highest BCUT2D eigenvalue weighted by atomic mass is 35.5. The maximum Gasteiger partial charge on any atom is 0.276 e. The van der Waals surface area contributed by atoms with Crippen molar-refractivity contribution >= 4 is 29.1 Å². The Kier molecular flexibility index (Phi) is 6.13. The molecule has 8 nitrogen and oxygen atoms in total. The average Bonchev–Trinajstić information content (AvgIpc) is 2.60. The van der Waals surface area contributed by atoms with E-state index in [1.54, 1.807) is 6.07 Å². The molecule has 0 fully saturated rings. The Labute approximate surface area is 154 Å². The van der Waals surface area contributed by atoms with Crippen LogP contribution in [0, 0.1) is 24.0 Å². The second-order valence-corrected chi connectivity index (χ2v) is 5.89. The van der Waals surface area contributed by atoms with Gasteiger partial charge >= 0.3 is 0 Å². The van der Waals surface area contributed by atoms with Gasteiger partial charge < -0.3 is 4.74 Å². The Morgan fingerprint density at radius 3 is 2.54 bits per heavy atom. The van der Waals surface area contributed by atoms with Crippen LogP contribution in [-0.2, 0) is 4.79 Å². The summed E-state index contributed by atoms with van der Waals surface area (Å²) in [5.74, 6) is -0.702. The number of carbonyl (C=O) groups excluding carboxylic acids is 2. The molecule has 26 heavy (non-hydrogen) atoms. The van der Waals surface area contributed by atoms with E-state index in [9.17, 15) is 19.7 Å². The predicted molar refractivity (Wildman–Crippen MR) is 95.1 cm³/mol. The number of carbonyl (C=O) groups is 2. The first kappa shape index (κ1) is 19.2. The minimum absolute atomic E-state index is 0.00647. The predicted octanol–water partition coefficient (Wildman–Crippen LogP) is 2.71. The van der Waals surface area contributed by atoms with Gasteiger partial charge in [-0.2, -0.15) is 0 Å². The zero-order chi connectivity index (χ0) is 19.3. The molecule has 0 spiro atoms. The van der Waals surface area contributed by atoms with E-state index >= 15 is 0 Å². The van der Waals surface area contributed by atoms with Gasteiger partial charge in [0.15, 0.2) is 6.61 Å². The number of nitrogens with zero attached hydrogens (tertiary/aromatic N) is 1. The number of nitro benzene ring substituents is 1. The molecule has 0 radical (unpaired) electrons. The molecule has 0 aliphatic carbocycles. The van der Waals surface area contributed by atoms with E-state index in [0.717, 1.165) is 23.3 Å². The van der Waals surface area contributed by atoms with E-state index < -0.39 is 16.7 Å². The maximum absolute atomic E-state index is 12.0. The summed E-state index contributed by atoms with van der Waals surface area (Å²) in [6.07, 6.45) is 0. The maximum atomic E-state index is 12.0. The quantitative estimate of drug-likeness (QED) is 0.614. The SMILES string of the molecule is Cc1ccc(C)c(OCC(=O)NNC(=O)c2ccc([N+](=O)[O-])cc2Cl)c1. The Morgan fingerprint density at radius 1 is 1.15 bits per heavy atom. The Bertz CT molecular complexity index is 869. The van der Waals surface area contributed by atoms with Gasteiger partial charge in [-0.15, -0.1) is 0 Å². The molecule has 136 valence electrons. The van der Waals surface area contributed by atoms with Crippen LogP contribution in [0.15, 0.2) is 36.4 Å². The van der Waals surface area contributed by atoms with Gasteiger partial charge in [-0.1, -0.05) is 23.7 Å². The van der Waals surface area contributed by atoms with E-state index in [4.69, 9.17) is 16.3 Å². The first-order valence-corrected chi connectivity index (χ1v) is 7.89. The van der Waals surface area contributed by atoms with Crippen LogP contribution < -0.4 is 15.6 Å². The number of amides is 2. The fraction of sp³-hybridized carbons (Fsp3) is 0.176. The van der Waals surface area contributed by atoms with Gasteiger partial charge in [0.25, 0.3) is 17.5 Å². The molecule has 0 unspecified atom stereocenters. The number of nitrogens with one attached hydrogen (secondary N) is 2. The van der Waals surface area contributed by atoms with Crippen molar-refractivity contribution in [2.24, 2.45) is 0 Å². The summed E-state index contributed by atoms with van der Waals surface area (Å²) < 4.78 is 5.42.